The molecule has 0 unspecified atom stereocenters. The van der Waals surface area contributed by atoms with Crippen LogP contribution in [0.4, 0.5) is 4.39 Å². The van der Waals surface area contributed by atoms with Crippen LogP contribution in [0.2, 0.25) is 0 Å². The lowest BCUT2D eigenvalue weighted by molar-refractivity contribution is 0.555. The Balaban J connectivity index is 2.19. The molecule has 4 nitrogen and oxygen atoms in total. The molecular weight excluding hydrogens is 347 g/mol. The van der Waals surface area contributed by atoms with E-state index in [2.05, 4.69) is 25.6 Å². The molecule has 0 saturated carbocycles. The van der Waals surface area contributed by atoms with Gasteiger partial charge >= 0.3 is 0 Å². The number of hydrogen-bond acceptors (Lipinski definition) is 3. The van der Waals surface area contributed by atoms with Crippen molar-refractivity contribution in [3.63, 3.8) is 0 Å². The zero-order valence-corrected chi connectivity index (χ0v) is 13.0. The average molecular weight is 359 g/mol. The van der Waals surface area contributed by atoms with Gasteiger partial charge in [-0.1, -0.05) is 22.0 Å². The molecule has 0 atom stereocenters. The number of sulfonamides is 1. The molecule has 0 saturated heterocycles. The number of rotatable bonds is 4. The maximum Gasteiger partial charge on any atom is 0.243 e. The van der Waals surface area contributed by atoms with Crippen molar-refractivity contribution in [3.05, 3.63) is 58.1 Å². The molecule has 1 aromatic heterocycles. The Morgan fingerprint density at radius 2 is 2.05 bits per heavy atom. The Labute approximate surface area is 125 Å². The van der Waals surface area contributed by atoms with Crippen LogP contribution in [0.3, 0.4) is 0 Å². The van der Waals surface area contributed by atoms with Crippen LogP contribution >= 0.6 is 15.9 Å². The normalized spacial score (nSPS) is 11.6. The van der Waals surface area contributed by atoms with E-state index >= 15 is 0 Å². The van der Waals surface area contributed by atoms with Crippen molar-refractivity contribution in [2.45, 2.75) is 18.4 Å². The van der Waals surface area contributed by atoms with Gasteiger partial charge in [0.25, 0.3) is 0 Å². The summed E-state index contributed by atoms with van der Waals surface area (Å²) in [5.41, 5.74) is 1.36. The maximum absolute atomic E-state index is 13.7. The first kappa shape index (κ1) is 15.1. The van der Waals surface area contributed by atoms with Crippen molar-refractivity contribution in [1.29, 1.82) is 0 Å². The SMILES string of the molecule is Cc1cccc(CNS(=O)(=O)c2ccc(Br)cc2F)n1. The van der Waals surface area contributed by atoms with Crippen molar-refractivity contribution in [1.82, 2.24) is 9.71 Å². The molecule has 0 aliphatic rings. The van der Waals surface area contributed by atoms with Gasteiger partial charge in [-0.3, -0.25) is 4.98 Å². The van der Waals surface area contributed by atoms with E-state index in [1.165, 1.54) is 12.1 Å². The van der Waals surface area contributed by atoms with Gasteiger partial charge in [-0.15, -0.1) is 0 Å². The van der Waals surface area contributed by atoms with Crippen LogP contribution in [0.1, 0.15) is 11.4 Å². The zero-order valence-electron chi connectivity index (χ0n) is 10.6. The van der Waals surface area contributed by atoms with Crippen molar-refractivity contribution in [3.8, 4) is 0 Å². The largest absolute Gasteiger partial charge is 0.257 e. The highest BCUT2D eigenvalue weighted by Gasteiger charge is 2.18. The Morgan fingerprint density at radius 3 is 2.70 bits per heavy atom. The summed E-state index contributed by atoms with van der Waals surface area (Å²) in [5.74, 6) is -0.802. The standard InChI is InChI=1S/C13H12BrFN2O2S/c1-9-3-2-4-11(17-9)8-16-20(18,19)13-6-5-10(14)7-12(13)15/h2-7,16H,8H2,1H3. The lowest BCUT2D eigenvalue weighted by Crippen LogP contribution is -2.24. The molecule has 106 valence electrons. The quantitative estimate of drug-likeness (QED) is 0.913. The van der Waals surface area contributed by atoms with Gasteiger partial charge in [0.15, 0.2) is 0 Å². The first-order valence-electron chi connectivity index (χ1n) is 5.76. The molecule has 0 aliphatic heterocycles. The molecule has 0 radical (unpaired) electrons. The molecule has 7 heteroatoms. The molecule has 0 fully saturated rings. The van der Waals surface area contributed by atoms with E-state index in [4.69, 9.17) is 0 Å². The van der Waals surface area contributed by atoms with Crippen LogP contribution in [-0.2, 0) is 16.6 Å². The monoisotopic (exact) mass is 358 g/mol. The van der Waals surface area contributed by atoms with Crippen LogP contribution < -0.4 is 4.72 Å². The minimum absolute atomic E-state index is 0.0134. The summed E-state index contributed by atoms with van der Waals surface area (Å²) < 4.78 is 40.5. The Bertz CT molecular complexity index is 735. The predicted molar refractivity (Wildman–Crippen MR) is 77.1 cm³/mol. The molecule has 0 spiro atoms. The van der Waals surface area contributed by atoms with Crippen LogP contribution in [0, 0.1) is 12.7 Å². The van der Waals surface area contributed by atoms with E-state index in [9.17, 15) is 12.8 Å². The fourth-order valence-electron chi connectivity index (χ4n) is 1.64. The van der Waals surface area contributed by atoms with Gasteiger partial charge in [0.1, 0.15) is 10.7 Å². The van der Waals surface area contributed by atoms with Gasteiger partial charge in [-0.2, -0.15) is 0 Å². The van der Waals surface area contributed by atoms with Gasteiger partial charge in [-0.25, -0.2) is 17.5 Å². The van der Waals surface area contributed by atoms with E-state index in [1.807, 2.05) is 13.0 Å². The summed E-state index contributed by atoms with van der Waals surface area (Å²) in [4.78, 5) is 3.80. The molecule has 0 amide bonds. The number of pyridine rings is 1. The van der Waals surface area contributed by atoms with E-state index in [0.717, 1.165) is 11.8 Å². The van der Waals surface area contributed by atoms with E-state index in [1.54, 1.807) is 12.1 Å². The van der Waals surface area contributed by atoms with E-state index in [0.29, 0.717) is 10.2 Å². The van der Waals surface area contributed by atoms with Gasteiger partial charge < -0.3 is 0 Å². The van der Waals surface area contributed by atoms with Crippen LogP contribution in [0.15, 0.2) is 45.8 Å². The first-order chi connectivity index (χ1) is 9.38. The fourth-order valence-corrected chi connectivity index (χ4v) is 3.03. The topological polar surface area (TPSA) is 59.1 Å². The molecular formula is C13H12BrFN2O2S. The number of hydrogen-bond donors (Lipinski definition) is 1. The molecule has 1 heterocycles. The number of halogens is 2. The lowest BCUT2D eigenvalue weighted by atomic mass is 10.3. The molecule has 0 aliphatic carbocycles. The number of benzene rings is 1. The van der Waals surface area contributed by atoms with Crippen molar-refractivity contribution < 1.29 is 12.8 Å². The highest BCUT2D eigenvalue weighted by molar-refractivity contribution is 9.10. The fraction of sp³-hybridized carbons (Fsp3) is 0.154. The molecule has 0 bridgehead atoms. The third-order valence-electron chi connectivity index (χ3n) is 2.57. The average Bonchev–Trinajstić information content (AvgIpc) is 2.36. The van der Waals surface area contributed by atoms with Gasteiger partial charge in [0, 0.05) is 10.2 Å². The van der Waals surface area contributed by atoms with Crippen LogP contribution in [0.25, 0.3) is 0 Å². The molecule has 2 aromatic rings. The minimum Gasteiger partial charge on any atom is -0.257 e. The Kier molecular flexibility index (Phi) is 4.52. The maximum atomic E-state index is 13.7. The third-order valence-corrected chi connectivity index (χ3v) is 4.50. The minimum atomic E-state index is -3.90. The molecule has 1 aromatic carbocycles. The van der Waals surface area contributed by atoms with Gasteiger partial charge in [0.05, 0.1) is 12.2 Å². The lowest BCUT2D eigenvalue weighted by Gasteiger charge is -2.08. The summed E-state index contributed by atoms with van der Waals surface area (Å²) >= 11 is 3.08. The Morgan fingerprint density at radius 1 is 1.30 bits per heavy atom. The summed E-state index contributed by atoms with van der Waals surface area (Å²) in [6.45, 7) is 1.83. The second-order valence-corrected chi connectivity index (χ2v) is 6.82. The highest BCUT2D eigenvalue weighted by atomic mass is 79.9. The summed E-state index contributed by atoms with van der Waals surface area (Å²) in [5, 5.41) is 0. The molecule has 2 rings (SSSR count). The molecule has 20 heavy (non-hydrogen) atoms. The van der Waals surface area contributed by atoms with Crippen molar-refractivity contribution in [2.75, 3.05) is 0 Å². The van der Waals surface area contributed by atoms with Gasteiger partial charge in [-0.05, 0) is 37.3 Å². The Hall–Kier alpha value is -1.31. The third kappa shape index (κ3) is 3.62. The summed E-state index contributed by atoms with van der Waals surface area (Å²) in [6.07, 6.45) is 0. The van der Waals surface area contributed by atoms with Crippen LogP contribution in [-0.4, -0.2) is 13.4 Å². The van der Waals surface area contributed by atoms with E-state index in [-0.39, 0.29) is 11.4 Å². The second kappa shape index (κ2) is 5.99. The smallest absolute Gasteiger partial charge is 0.243 e. The van der Waals surface area contributed by atoms with Crippen LogP contribution in [0.5, 0.6) is 0 Å². The predicted octanol–water partition coefficient (Wildman–Crippen LogP) is 2.77. The molecule has 1 N–H and O–H groups in total. The number of nitrogens with zero attached hydrogens (tertiary/aromatic N) is 1. The number of nitrogens with one attached hydrogen (secondary N) is 1. The first-order valence-corrected chi connectivity index (χ1v) is 8.03. The van der Waals surface area contributed by atoms with Crippen molar-refractivity contribution >= 4 is 26.0 Å². The summed E-state index contributed by atoms with van der Waals surface area (Å²) in [7, 11) is -3.90. The summed E-state index contributed by atoms with van der Waals surface area (Å²) in [6, 6.07) is 9.10. The van der Waals surface area contributed by atoms with Gasteiger partial charge in [0.2, 0.25) is 10.0 Å². The van der Waals surface area contributed by atoms with E-state index < -0.39 is 15.8 Å². The number of aryl methyl sites for hydroxylation is 1. The second-order valence-electron chi connectivity index (χ2n) is 4.17. The van der Waals surface area contributed by atoms with Crippen molar-refractivity contribution in [2.24, 2.45) is 0 Å². The highest BCUT2D eigenvalue weighted by Crippen LogP contribution is 2.19. The zero-order chi connectivity index (χ0) is 14.8. The number of aromatic nitrogens is 1.